The van der Waals surface area contributed by atoms with Crippen LogP contribution in [0, 0.1) is 5.41 Å². The van der Waals surface area contributed by atoms with Gasteiger partial charge in [-0.15, -0.1) is 0 Å². The molecule has 0 bridgehead atoms. The number of methoxy groups -OCH3 is 1. The molecule has 4 nitrogen and oxygen atoms in total. The fraction of sp³-hybridized carbons (Fsp3) is 0.684. The molecule has 1 aromatic carbocycles. The molecule has 0 aromatic heterocycles. The predicted molar refractivity (Wildman–Crippen MR) is 92.8 cm³/mol. The minimum absolute atomic E-state index is 0.362. The van der Waals surface area contributed by atoms with Crippen molar-refractivity contribution in [1.29, 1.82) is 0 Å². The lowest BCUT2D eigenvalue weighted by Gasteiger charge is -2.33. The fourth-order valence-electron chi connectivity index (χ4n) is 3.88. The van der Waals surface area contributed by atoms with Gasteiger partial charge < -0.3 is 14.8 Å². The average molecular weight is 318 g/mol. The highest BCUT2D eigenvalue weighted by Gasteiger charge is 2.32. The molecule has 2 saturated heterocycles. The van der Waals surface area contributed by atoms with Crippen molar-refractivity contribution in [3.8, 4) is 5.75 Å². The van der Waals surface area contributed by atoms with Crippen molar-refractivity contribution < 1.29 is 9.47 Å². The minimum atomic E-state index is 0.362. The van der Waals surface area contributed by atoms with E-state index in [1.165, 1.54) is 24.8 Å². The van der Waals surface area contributed by atoms with E-state index >= 15 is 0 Å². The van der Waals surface area contributed by atoms with Crippen LogP contribution in [0.5, 0.6) is 5.75 Å². The Morgan fingerprint density at radius 2 is 2.26 bits per heavy atom. The molecule has 0 radical (unpaired) electrons. The third kappa shape index (κ3) is 4.46. The molecule has 3 rings (SSSR count). The number of hydrogen-bond acceptors (Lipinski definition) is 4. The van der Waals surface area contributed by atoms with Crippen molar-refractivity contribution in [2.45, 2.75) is 38.8 Å². The molecule has 2 aliphatic rings. The molecule has 1 aromatic rings. The summed E-state index contributed by atoms with van der Waals surface area (Å²) in [6.45, 7) is 8.63. The molecule has 2 fully saturated rings. The van der Waals surface area contributed by atoms with Gasteiger partial charge in [0.15, 0.2) is 0 Å². The van der Waals surface area contributed by atoms with Crippen LogP contribution < -0.4 is 10.1 Å². The maximum Gasteiger partial charge on any atom is 0.123 e. The van der Waals surface area contributed by atoms with E-state index in [1.54, 1.807) is 7.11 Å². The predicted octanol–water partition coefficient (Wildman–Crippen LogP) is 2.68. The number of nitrogens with one attached hydrogen (secondary N) is 1. The van der Waals surface area contributed by atoms with E-state index in [-0.39, 0.29) is 0 Å². The zero-order valence-electron chi connectivity index (χ0n) is 14.5. The number of benzene rings is 1. The van der Waals surface area contributed by atoms with Crippen molar-refractivity contribution >= 4 is 0 Å². The SMILES string of the molecule is COc1ccccc1CN(CC1CCCO1)CC1(C)CCNC1. The third-order valence-electron chi connectivity index (χ3n) is 5.13. The normalized spacial score (nSPS) is 27.7. The topological polar surface area (TPSA) is 33.7 Å². The van der Waals surface area contributed by atoms with E-state index < -0.39 is 0 Å². The molecule has 2 unspecified atom stereocenters. The molecule has 1 N–H and O–H groups in total. The highest BCUT2D eigenvalue weighted by Crippen LogP contribution is 2.28. The van der Waals surface area contributed by atoms with Crippen LogP contribution in [0.3, 0.4) is 0 Å². The first-order valence-corrected chi connectivity index (χ1v) is 8.85. The van der Waals surface area contributed by atoms with Crippen molar-refractivity contribution in [3.63, 3.8) is 0 Å². The first-order chi connectivity index (χ1) is 11.2. The Morgan fingerprint density at radius 3 is 2.96 bits per heavy atom. The van der Waals surface area contributed by atoms with Gasteiger partial charge in [-0.3, -0.25) is 4.90 Å². The summed E-state index contributed by atoms with van der Waals surface area (Å²) in [4.78, 5) is 2.57. The van der Waals surface area contributed by atoms with Gasteiger partial charge in [0.25, 0.3) is 0 Å². The van der Waals surface area contributed by atoms with Gasteiger partial charge in [0.1, 0.15) is 5.75 Å². The molecule has 0 aliphatic carbocycles. The van der Waals surface area contributed by atoms with E-state index in [0.717, 1.165) is 45.1 Å². The van der Waals surface area contributed by atoms with Crippen LogP contribution in [0.1, 0.15) is 31.7 Å². The second-order valence-corrected chi connectivity index (χ2v) is 7.35. The molecule has 0 amide bonds. The van der Waals surface area contributed by atoms with Crippen LogP contribution in [0.15, 0.2) is 24.3 Å². The summed E-state index contributed by atoms with van der Waals surface area (Å²) in [6, 6.07) is 8.37. The highest BCUT2D eigenvalue weighted by atomic mass is 16.5. The monoisotopic (exact) mass is 318 g/mol. The van der Waals surface area contributed by atoms with Crippen molar-refractivity contribution in [1.82, 2.24) is 10.2 Å². The second kappa shape index (κ2) is 7.65. The Morgan fingerprint density at radius 1 is 1.39 bits per heavy atom. The van der Waals surface area contributed by atoms with E-state index in [9.17, 15) is 0 Å². The molecule has 0 saturated carbocycles. The molecular formula is C19H30N2O2. The largest absolute Gasteiger partial charge is 0.496 e. The Hall–Kier alpha value is -1.10. The fourth-order valence-corrected chi connectivity index (χ4v) is 3.88. The van der Waals surface area contributed by atoms with Crippen LogP contribution in [-0.4, -0.2) is 50.9 Å². The van der Waals surface area contributed by atoms with E-state index in [4.69, 9.17) is 9.47 Å². The molecule has 4 heteroatoms. The summed E-state index contributed by atoms with van der Waals surface area (Å²) in [5.41, 5.74) is 1.63. The van der Waals surface area contributed by atoms with E-state index in [2.05, 4.69) is 35.3 Å². The number of rotatable bonds is 7. The number of hydrogen-bond donors (Lipinski definition) is 1. The lowest BCUT2D eigenvalue weighted by atomic mass is 9.89. The Labute approximate surface area is 140 Å². The third-order valence-corrected chi connectivity index (χ3v) is 5.13. The maximum absolute atomic E-state index is 5.89. The van der Waals surface area contributed by atoms with E-state index in [0.29, 0.717) is 11.5 Å². The highest BCUT2D eigenvalue weighted by molar-refractivity contribution is 5.33. The lowest BCUT2D eigenvalue weighted by Crippen LogP contribution is -2.40. The summed E-state index contributed by atoms with van der Waals surface area (Å²) in [5, 5.41) is 3.52. The minimum Gasteiger partial charge on any atom is -0.496 e. The quantitative estimate of drug-likeness (QED) is 0.838. The van der Waals surface area contributed by atoms with Gasteiger partial charge >= 0.3 is 0 Å². The summed E-state index contributed by atoms with van der Waals surface area (Å²) in [6.07, 6.45) is 4.03. The zero-order valence-corrected chi connectivity index (χ0v) is 14.5. The smallest absolute Gasteiger partial charge is 0.123 e. The van der Waals surface area contributed by atoms with Crippen LogP contribution >= 0.6 is 0 Å². The second-order valence-electron chi connectivity index (χ2n) is 7.35. The number of nitrogens with zero attached hydrogens (tertiary/aromatic N) is 1. The van der Waals surface area contributed by atoms with Gasteiger partial charge in [0.2, 0.25) is 0 Å². The van der Waals surface area contributed by atoms with Crippen LogP contribution in [-0.2, 0) is 11.3 Å². The summed E-state index contributed by atoms with van der Waals surface area (Å²) in [7, 11) is 1.76. The summed E-state index contributed by atoms with van der Waals surface area (Å²) < 4.78 is 11.4. The van der Waals surface area contributed by atoms with E-state index in [1.807, 2.05) is 6.07 Å². The average Bonchev–Trinajstić information content (AvgIpc) is 3.20. The lowest BCUT2D eigenvalue weighted by molar-refractivity contribution is 0.0555. The van der Waals surface area contributed by atoms with Crippen LogP contribution in [0.25, 0.3) is 0 Å². The molecular weight excluding hydrogens is 288 g/mol. The van der Waals surface area contributed by atoms with Crippen molar-refractivity contribution in [2.24, 2.45) is 5.41 Å². The van der Waals surface area contributed by atoms with Crippen LogP contribution in [0.2, 0.25) is 0 Å². The van der Waals surface area contributed by atoms with Gasteiger partial charge in [-0.25, -0.2) is 0 Å². The molecule has 2 heterocycles. The van der Waals surface area contributed by atoms with Gasteiger partial charge in [-0.1, -0.05) is 25.1 Å². The van der Waals surface area contributed by atoms with Crippen LogP contribution in [0.4, 0.5) is 0 Å². The molecule has 0 spiro atoms. The first kappa shape index (κ1) is 16.7. The molecule has 2 aliphatic heterocycles. The number of para-hydroxylation sites is 1. The Balaban J connectivity index is 1.70. The Bertz CT molecular complexity index is 494. The van der Waals surface area contributed by atoms with Gasteiger partial charge in [0.05, 0.1) is 13.2 Å². The summed E-state index contributed by atoms with van der Waals surface area (Å²) >= 11 is 0. The van der Waals surface area contributed by atoms with Crippen molar-refractivity contribution in [3.05, 3.63) is 29.8 Å². The summed E-state index contributed by atoms with van der Waals surface area (Å²) in [5.74, 6) is 0.986. The van der Waals surface area contributed by atoms with Crippen molar-refractivity contribution in [2.75, 3.05) is 39.9 Å². The molecule has 2 atom stereocenters. The number of ether oxygens (including phenoxy) is 2. The molecule has 128 valence electrons. The zero-order chi connectivity index (χ0) is 16.1. The van der Waals surface area contributed by atoms with Gasteiger partial charge in [-0.05, 0) is 37.3 Å². The van der Waals surface area contributed by atoms with Gasteiger partial charge in [-0.2, -0.15) is 0 Å². The molecule has 23 heavy (non-hydrogen) atoms. The first-order valence-electron chi connectivity index (χ1n) is 8.85. The Kier molecular flexibility index (Phi) is 5.57. The van der Waals surface area contributed by atoms with Gasteiger partial charge in [0, 0.05) is 38.3 Å². The maximum atomic E-state index is 5.89. The standard InChI is InChI=1S/C19H30N2O2/c1-19(9-10-20-14-19)15-21(13-17-7-5-11-23-17)12-16-6-3-4-8-18(16)22-2/h3-4,6,8,17,20H,5,7,9-15H2,1-2H3.